The summed E-state index contributed by atoms with van der Waals surface area (Å²) in [5.41, 5.74) is -0.946. The van der Waals surface area contributed by atoms with Gasteiger partial charge in [0, 0.05) is 13.1 Å². The Labute approximate surface area is 181 Å². The molecule has 4 atom stereocenters. The Kier molecular flexibility index (Phi) is 9.42. The number of hydrogen-bond donors (Lipinski definition) is 2. The molecule has 2 fully saturated rings. The molecule has 2 rings (SSSR count). The van der Waals surface area contributed by atoms with E-state index >= 15 is 0 Å². The number of aliphatic hydroxyl groups is 2. The van der Waals surface area contributed by atoms with Gasteiger partial charge < -0.3 is 29.5 Å². The second kappa shape index (κ2) is 10.7. The number of carbonyl (C=O) groups is 2. The van der Waals surface area contributed by atoms with E-state index in [0.29, 0.717) is 13.1 Å². The quantitative estimate of drug-likeness (QED) is 0.708. The molecular weight excluding hydrogens is 388 g/mol. The summed E-state index contributed by atoms with van der Waals surface area (Å²) < 4.78 is 10.5. The van der Waals surface area contributed by atoms with Crippen LogP contribution >= 0.6 is 0 Å². The van der Waals surface area contributed by atoms with Gasteiger partial charge in [-0.3, -0.25) is 0 Å². The number of carbonyl (C=O) groups excluding carboxylic acids is 2. The summed E-state index contributed by atoms with van der Waals surface area (Å²) in [6.07, 6.45) is 1.90. The van der Waals surface area contributed by atoms with Crippen LogP contribution in [0.15, 0.2) is 0 Å². The van der Waals surface area contributed by atoms with Crippen LogP contribution in [0.1, 0.15) is 81.1 Å². The van der Waals surface area contributed by atoms with Gasteiger partial charge in [0.2, 0.25) is 0 Å². The van der Waals surface area contributed by atoms with Gasteiger partial charge in [0.1, 0.15) is 11.2 Å². The van der Waals surface area contributed by atoms with Gasteiger partial charge in [0.05, 0.1) is 24.3 Å². The first kappa shape index (κ1) is 26.5. The molecule has 0 aliphatic heterocycles. The highest BCUT2D eigenvalue weighted by Crippen LogP contribution is 2.27. The SMILES string of the molecule is CCN(C(=O)OC(C)(C)C)[C@@H]1CC[C@H]1O.CCN(C(=O)OC(C)(C)C)[C@H]1CC[C@@H]1O. The van der Waals surface area contributed by atoms with E-state index in [1.54, 1.807) is 9.80 Å². The number of rotatable bonds is 4. The van der Waals surface area contributed by atoms with Crippen LogP contribution in [-0.4, -0.2) is 80.8 Å². The highest BCUT2D eigenvalue weighted by molar-refractivity contribution is 5.69. The Balaban J connectivity index is 0.000000300. The summed E-state index contributed by atoms with van der Waals surface area (Å²) in [5, 5.41) is 19.0. The maximum atomic E-state index is 11.8. The van der Waals surface area contributed by atoms with Crippen molar-refractivity contribution in [1.82, 2.24) is 9.80 Å². The van der Waals surface area contributed by atoms with Crippen molar-refractivity contribution >= 4 is 12.2 Å². The van der Waals surface area contributed by atoms with Gasteiger partial charge in [-0.25, -0.2) is 9.59 Å². The Morgan fingerprint density at radius 3 is 1.17 bits per heavy atom. The zero-order valence-electron chi connectivity index (χ0n) is 20.0. The molecule has 8 nitrogen and oxygen atoms in total. The lowest BCUT2D eigenvalue weighted by Gasteiger charge is -2.41. The maximum absolute atomic E-state index is 11.8. The number of aliphatic hydroxyl groups excluding tert-OH is 2. The molecule has 0 bridgehead atoms. The predicted molar refractivity (Wildman–Crippen MR) is 115 cm³/mol. The van der Waals surface area contributed by atoms with E-state index in [1.165, 1.54) is 0 Å². The Morgan fingerprint density at radius 2 is 1.03 bits per heavy atom. The van der Waals surface area contributed by atoms with Gasteiger partial charge in [-0.1, -0.05) is 0 Å². The number of amides is 2. The number of nitrogens with zero attached hydrogens (tertiary/aromatic N) is 2. The monoisotopic (exact) mass is 430 g/mol. The zero-order valence-corrected chi connectivity index (χ0v) is 20.0. The van der Waals surface area contributed by atoms with Gasteiger partial charge in [0.25, 0.3) is 0 Å². The van der Waals surface area contributed by atoms with Crippen molar-refractivity contribution in [2.24, 2.45) is 0 Å². The second-order valence-corrected chi connectivity index (χ2v) is 9.96. The maximum Gasteiger partial charge on any atom is 0.410 e. The van der Waals surface area contributed by atoms with Crippen LogP contribution in [0.4, 0.5) is 9.59 Å². The normalized spacial score (nSPS) is 25.7. The summed E-state index contributed by atoms with van der Waals surface area (Å²) in [6.45, 7) is 16.0. The highest BCUT2D eigenvalue weighted by Gasteiger charge is 2.38. The van der Waals surface area contributed by atoms with E-state index in [-0.39, 0.29) is 36.5 Å². The van der Waals surface area contributed by atoms with Crippen molar-refractivity contribution in [1.29, 1.82) is 0 Å². The molecule has 0 radical (unpaired) electrons. The van der Waals surface area contributed by atoms with Crippen LogP contribution in [0.3, 0.4) is 0 Å². The van der Waals surface area contributed by atoms with Gasteiger partial charge in [0.15, 0.2) is 0 Å². The fourth-order valence-electron chi connectivity index (χ4n) is 3.30. The molecule has 2 N–H and O–H groups in total. The number of likely N-dealkylation sites (N-methyl/N-ethyl adjacent to an activating group) is 2. The van der Waals surface area contributed by atoms with Crippen molar-refractivity contribution in [2.45, 2.75) is 117 Å². The van der Waals surface area contributed by atoms with Crippen molar-refractivity contribution in [3.05, 3.63) is 0 Å². The van der Waals surface area contributed by atoms with Crippen molar-refractivity contribution < 1.29 is 29.3 Å². The van der Waals surface area contributed by atoms with Crippen LogP contribution in [0, 0.1) is 0 Å². The molecule has 0 saturated heterocycles. The third-order valence-electron chi connectivity index (χ3n) is 5.14. The van der Waals surface area contributed by atoms with Gasteiger partial charge in [-0.15, -0.1) is 0 Å². The molecule has 2 amide bonds. The first-order valence-corrected chi connectivity index (χ1v) is 11.1. The van der Waals surface area contributed by atoms with E-state index in [1.807, 2.05) is 55.4 Å². The summed E-state index contributed by atoms with van der Waals surface area (Å²) in [5.74, 6) is 0. The topological polar surface area (TPSA) is 99.5 Å². The Hall–Kier alpha value is -1.54. The standard InChI is InChI=1S/2C11H21NO3/c2*1-5-12(8-6-7-9(8)13)10(14)15-11(2,3)4/h2*8-9,13H,5-7H2,1-4H3/t2*8-,9-/m10/s1. The first-order chi connectivity index (χ1) is 13.7. The lowest BCUT2D eigenvalue weighted by Crippen LogP contribution is -2.53. The summed E-state index contributed by atoms with van der Waals surface area (Å²) in [6, 6.07) is -0.102. The predicted octanol–water partition coefficient (Wildman–Crippen LogP) is 3.53. The second-order valence-electron chi connectivity index (χ2n) is 9.96. The molecule has 0 heterocycles. The molecule has 0 aromatic carbocycles. The largest absolute Gasteiger partial charge is 0.444 e. The summed E-state index contributed by atoms with van der Waals surface area (Å²) in [4.78, 5) is 26.7. The van der Waals surface area contributed by atoms with E-state index < -0.39 is 11.2 Å². The highest BCUT2D eigenvalue weighted by atomic mass is 16.6. The van der Waals surface area contributed by atoms with E-state index in [9.17, 15) is 19.8 Å². The Morgan fingerprint density at radius 1 is 0.733 bits per heavy atom. The number of hydrogen-bond acceptors (Lipinski definition) is 6. The third-order valence-corrected chi connectivity index (χ3v) is 5.14. The van der Waals surface area contributed by atoms with Crippen LogP contribution in [0.25, 0.3) is 0 Å². The minimum Gasteiger partial charge on any atom is -0.444 e. The first-order valence-electron chi connectivity index (χ1n) is 11.1. The van der Waals surface area contributed by atoms with Crippen molar-refractivity contribution in [3.8, 4) is 0 Å². The molecule has 2 aliphatic carbocycles. The van der Waals surface area contributed by atoms with Crippen LogP contribution in [0.5, 0.6) is 0 Å². The van der Waals surface area contributed by atoms with Crippen LogP contribution in [0.2, 0.25) is 0 Å². The van der Waals surface area contributed by atoms with Crippen molar-refractivity contribution in [2.75, 3.05) is 13.1 Å². The van der Waals surface area contributed by atoms with Crippen LogP contribution < -0.4 is 0 Å². The van der Waals surface area contributed by atoms with E-state index in [2.05, 4.69) is 0 Å². The minimum atomic E-state index is -0.473. The molecule has 0 spiro atoms. The molecule has 0 aromatic rings. The average Bonchev–Trinajstić information content (AvgIpc) is 2.58. The molecule has 2 saturated carbocycles. The molecule has 2 aliphatic rings. The van der Waals surface area contributed by atoms with Gasteiger partial charge in [-0.2, -0.15) is 0 Å². The molecular formula is C22H42N2O6. The molecule has 0 aromatic heterocycles. The zero-order chi connectivity index (χ0) is 23.3. The van der Waals surface area contributed by atoms with Gasteiger partial charge in [-0.05, 0) is 81.1 Å². The summed E-state index contributed by atoms with van der Waals surface area (Å²) in [7, 11) is 0. The Bertz CT molecular complexity index is 519. The molecule has 176 valence electrons. The third kappa shape index (κ3) is 7.95. The van der Waals surface area contributed by atoms with Crippen LogP contribution in [-0.2, 0) is 9.47 Å². The molecule has 30 heavy (non-hydrogen) atoms. The lowest BCUT2D eigenvalue weighted by molar-refractivity contribution is -0.0381. The minimum absolute atomic E-state index is 0.0511. The molecule has 8 heteroatoms. The summed E-state index contributed by atoms with van der Waals surface area (Å²) >= 11 is 0. The van der Waals surface area contributed by atoms with E-state index in [4.69, 9.17) is 9.47 Å². The van der Waals surface area contributed by atoms with Gasteiger partial charge >= 0.3 is 12.2 Å². The fraction of sp³-hybridized carbons (Fsp3) is 0.909. The number of ether oxygens (including phenoxy) is 2. The fourth-order valence-corrected chi connectivity index (χ4v) is 3.30. The smallest absolute Gasteiger partial charge is 0.410 e. The van der Waals surface area contributed by atoms with Crippen molar-refractivity contribution in [3.63, 3.8) is 0 Å². The van der Waals surface area contributed by atoms with E-state index in [0.717, 1.165) is 25.7 Å². The molecule has 0 unspecified atom stereocenters. The average molecular weight is 431 g/mol. The lowest BCUT2D eigenvalue weighted by atomic mass is 9.88.